The van der Waals surface area contributed by atoms with E-state index in [4.69, 9.17) is 0 Å². The van der Waals surface area contributed by atoms with Gasteiger partial charge in [-0.2, -0.15) is 16.1 Å². The van der Waals surface area contributed by atoms with Gasteiger partial charge in [0.25, 0.3) is 0 Å². The second-order valence-corrected chi connectivity index (χ2v) is 4.66. The minimum Gasteiger partial charge on any atom is -0.352 e. The van der Waals surface area contributed by atoms with E-state index in [1.807, 2.05) is 30.7 Å². The van der Waals surface area contributed by atoms with Crippen LogP contribution in [-0.4, -0.2) is 32.2 Å². The fraction of sp³-hybridized carbons (Fsp3) is 0.400. The van der Waals surface area contributed by atoms with Gasteiger partial charge >= 0.3 is 0 Å². The Balaban J connectivity index is 2.02. The van der Waals surface area contributed by atoms with Gasteiger partial charge in [0, 0.05) is 17.0 Å². The largest absolute Gasteiger partial charge is 0.352 e. The maximum Gasteiger partial charge on any atom is 0.243 e. The summed E-state index contributed by atoms with van der Waals surface area (Å²) < 4.78 is 0. The SMILES string of the molecule is CC(C)NC(=O)Cn1nnc(-c2ccsc2)n1. The standard InChI is InChI=1S/C10H13N5OS/c1-7(2)11-9(16)5-15-13-10(12-14-15)8-3-4-17-6-8/h3-4,6-7H,5H2,1-2H3,(H,11,16). The normalized spacial score (nSPS) is 10.8. The minimum atomic E-state index is -0.116. The third-order valence-electron chi connectivity index (χ3n) is 1.97. The lowest BCUT2D eigenvalue weighted by molar-refractivity contribution is -0.122. The molecule has 0 aliphatic heterocycles. The molecular formula is C10H13N5OS. The van der Waals surface area contributed by atoms with E-state index in [9.17, 15) is 4.79 Å². The summed E-state index contributed by atoms with van der Waals surface area (Å²) in [6.45, 7) is 3.90. The predicted octanol–water partition coefficient (Wildman–Crippen LogP) is 0.926. The molecule has 2 rings (SSSR count). The molecule has 0 saturated carbocycles. The van der Waals surface area contributed by atoms with Crippen molar-refractivity contribution in [2.45, 2.75) is 26.4 Å². The average molecular weight is 251 g/mol. The number of amides is 1. The Morgan fingerprint density at radius 1 is 1.59 bits per heavy atom. The molecule has 0 unspecified atom stereocenters. The van der Waals surface area contributed by atoms with Gasteiger partial charge in [0.05, 0.1) is 0 Å². The molecule has 0 fully saturated rings. The molecule has 90 valence electrons. The Hall–Kier alpha value is -1.76. The van der Waals surface area contributed by atoms with Crippen LogP contribution in [0.15, 0.2) is 16.8 Å². The monoisotopic (exact) mass is 251 g/mol. The zero-order valence-electron chi connectivity index (χ0n) is 9.62. The van der Waals surface area contributed by atoms with Crippen molar-refractivity contribution in [1.29, 1.82) is 0 Å². The summed E-state index contributed by atoms with van der Waals surface area (Å²) in [5.41, 5.74) is 0.922. The third-order valence-corrected chi connectivity index (χ3v) is 2.65. The number of hydrogen-bond acceptors (Lipinski definition) is 5. The second kappa shape index (κ2) is 5.05. The van der Waals surface area contributed by atoms with Gasteiger partial charge < -0.3 is 5.32 Å². The van der Waals surface area contributed by atoms with Gasteiger partial charge in [-0.1, -0.05) is 0 Å². The molecule has 17 heavy (non-hydrogen) atoms. The van der Waals surface area contributed by atoms with Crippen molar-refractivity contribution in [3.63, 3.8) is 0 Å². The molecule has 6 nitrogen and oxygen atoms in total. The molecule has 1 amide bonds. The van der Waals surface area contributed by atoms with Crippen LogP contribution < -0.4 is 5.32 Å². The number of nitrogens with zero attached hydrogens (tertiary/aromatic N) is 4. The maximum absolute atomic E-state index is 11.5. The topological polar surface area (TPSA) is 72.7 Å². The van der Waals surface area contributed by atoms with Crippen LogP contribution in [0, 0.1) is 0 Å². The number of aromatic nitrogens is 4. The first-order valence-corrected chi connectivity index (χ1v) is 6.19. The maximum atomic E-state index is 11.5. The van der Waals surface area contributed by atoms with E-state index in [1.165, 1.54) is 4.80 Å². The van der Waals surface area contributed by atoms with Gasteiger partial charge in [-0.25, -0.2) is 0 Å². The fourth-order valence-corrected chi connectivity index (χ4v) is 1.95. The van der Waals surface area contributed by atoms with Crippen molar-refractivity contribution in [3.05, 3.63) is 16.8 Å². The first-order chi connectivity index (χ1) is 8.15. The minimum absolute atomic E-state index is 0.0926. The van der Waals surface area contributed by atoms with E-state index < -0.39 is 0 Å². The van der Waals surface area contributed by atoms with Crippen LogP contribution in [-0.2, 0) is 11.3 Å². The molecule has 0 bridgehead atoms. The summed E-state index contributed by atoms with van der Waals surface area (Å²) in [5, 5.41) is 18.5. The van der Waals surface area contributed by atoms with Crippen molar-refractivity contribution in [1.82, 2.24) is 25.5 Å². The highest BCUT2D eigenvalue weighted by atomic mass is 32.1. The number of tetrazole rings is 1. The zero-order valence-corrected chi connectivity index (χ0v) is 10.4. The van der Waals surface area contributed by atoms with Gasteiger partial charge in [0.2, 0.25) is 11.7 Å². The zero-order chi connectivity index (χ0) is 12.3. The molecule has 0 saturated heterocycles. The number of carbonyl (C=O) groups is 1. The van der Waals surface area contributed by atoms with Crippen molar-refractivity contribution in [2.24, 2.45) is 0 Å². The third kappa shape index (κ3) is 3.10. The summed E-state index contributed by atoms with van der Waals surface area (Å²) in [7, 11) is 0. The van der Waals surface area contributed by atoms with Crippen molar-refractivity contribution >= 4 is 17.2 Å². The van der Waals surface area contributed by atoms with E-state index >= 15 is 0 Å². The number of carbonyl (C=O) groups excluding carboxylic acids is 1. The van der Waals surface area contributed by atoms with E-state index in [1.54, 1.807) is 11.3 Å². The molecule has 2 heterocycles. The molecule has 0 aromatic carbocycles. The lowest BCUT2D eigenvalue weighted by Gasteiger charge is -2.06. The van der Waals surface area contributed by atoms with Gasteiger partial charge in [-0.15, -0.1) is 10.2 Å². The Morgan fingerprint density at radius 2 is 2.41 bits per heavy atom. The van der Waals surface area contributed by atoms with Crippen LogP contribution >= 0.6 is 11.3 Å². The van der Waals surface area contributed by atoms with Crippen molar-refractivity contribution in [2.75, 3.05) is 0 Å². The van der Waals surface area contributed by atoms with Gasteiger partial charge in [0.15, 0.2) is 0 Å². The highest BCUT2D eigenvalue weighted by Crippen LogP contribution is 2.16. The molecule has 1 N–H and O–H groups in total. The van der Waals surface area contributed by atoms with Crippen LogP contribution in [0.5, 0.6) is 0 Å². The number of nitrogens with one attached hydrogen (secondary N) is 1. The number of hydrogen-bond donors (Lipinski definition) is 1. The molecule has 2 aromatic heterocycles. The lowest BCUT2D eigenvalue weighted by Crippen LogP contribution is -2.33. The fourth-order valence-electron chi connectivity index (χ4n) is 1.31. The first kappa shape index (κ1) is 11.7. The number of thiophene rings is 1. The van der Waals surface area contributed by atoms with Gasteiger partial charge in [-0.3, -0.25) is 4.79 Å². The first-order valence-electron chi connectivity index (χ1n) is 5.25. The molecule has 0 atom stereocenters. The highest BCUT2D eigenvalue weighted by Gasteiger charge is 2.09. The summed E-state index contributed by atoms with van der Waals surface area (Å²) in [6.07, 6.45) is 0. The van der Waals surface area contributed by atoms with Gasteiger partial charge in [-0.05, 0) is 30.5 Å². The van der Waals surface area contributed by atoms with E-state index in [2.05, 4.69) is 20.7 Å². The molecule has 2 aromatic rings. The summed E-state index contributed by atoms with van der Waals surface area (Å²) >= 11 is 1.57. The average Bonchev–Trinajstić information content (AvgIpc) is 2.84. The summed E-state index contributed by atoms with van der Waals surface area (Å²) in [4.78, 5) is 12.8. The van der Waals surface area contributed by atoms with Crippen LogP contribution in [0.2, 0.25) is 0 Å². The quantitative estimate of drug-likeness (QED) is 0.877. The Morgan fingerprint density at radius 3 is 3.06 bits per heavy atom. The molecule has 7 heteroatoms. The Kier molecular flexibility index (Phi) is 3.48. The molecule has 0 aliphatic carbocycles. The van der Waals surface area contributed by atoms with Crippen LogP contribution in [0.3, 0.4) is 0 Å². The van der Waals surface area contributed by atoms with E-state index in [0.717, 1.165) is 5.56 Å². The van der Waals surface area contributed by atoms with Crippen LogP contribution in [0.25, 0.3) is 11.4 Å². The summed E-state index contributed by atoms with van der Waals surface area (Å²) in [5.74, 6) is 0.429. The molecular weight excluding hydrogens is 238 g/mol. The van der Waals surface area contributed by atoms with Crippen molar-refractivity contribution < 1.29 is 4.79 Å². The van der Waals surface area contributed by atoms with E-state index in [0.29, 0.717) is 5.82 Å². The lowest BCUT2D eigenvalue weighted by atomic mass is 10.3. The van der Waals surface area contributed by atoms with Crippen molar-refractivity contribution in [3.8, 4) is 11.4 Å². The van der Waals surface area contributed by atoms with Crippen LogP contribution in [0.1, 0.15) is 13.8 Å². The van der Waals surface area contributed by atoms with Gasteiger partial charge in [0.1, 0.15) is 6.54 Å². The smallest absolute Gasteiger partial charge is 0.243 e. The van der Waals surface area contributed by atoms with Crippen LogP contribution in [0.4, 0.5) is 0 Å². The Bertz CT molecular complexity index is 491. The second-order valence-electron chi connectivity index (χ2n) is 3.88. The summed E-state index contributed by atoms with van der Waals surface area (Å²) in [6, 6.07) is 2.03. The Labute approximate surface area is 103 Å². The molecule has 0 aliphatic rings. The molecule has 0 radical (unpaired) electrons. The predicted molar refractivity (Wildman–Crippen MR) is 64.4 cm³/mol. The number of rotatable bonds is 4. The molecule has 0 spiro atoms. The van der Waals surface area contributed by atoms with E-state index in [-0.39, 0.29) is 18.5 Å². The highest BCUT2D eigenvalue weighted by molar-refractivity contribution is 7.08.